The van der Waals surface area contributed by atoms with Crippen molar-refractivity contribution in [3.05, 3.63) is 59.1 Å². The molecule has 0 aliphatic carbocycles. The van der Waals surface area contributed by atoms with Crippen molar-refractivity contribution < 1.29 is 9.90 Å². The first-order chi connectivity index (χ1) is 9.63. The van der Waals surface area contributed by atoms with Gasteiger partial charge in [0.1, 0.15) is 5.75 Å². The molecule has 0 atom stereocenters. The number of carbonyl (C=O) groups is 1. The van der Waals surface area contributed by atoms with Gasteiger partial charge in [-0.2, -0.15) is 0 Å². The van der Waals surface area contributed by atoms with Gasteiger partial charge in [0.2, 0.25) is 5.91 Å². The molecule has 0 spiro atoms. The molecule has 2 rings (SSSR count). The van der Waals surface area contributed by atoms with Crippen molar-refractivity contribution in [3.63, 3.8) is 0 Å². The molecule has 0 aliphatic heterocycles. The summed E-state index contributed by atoms with van der Waals surface area (Å²) in [6.45, 7) is 0. The van der Waals surface area contributed by atoms with Crippen LogP contribution in [0.25, 0.3) is 0 Å². The zero-order valence-corrected chi connectivity index (χ0v) is 12.2. The van der Waals surface area contributed by atoms with Crippen molar-refractivity contribution in [1.29, 1.82) is 0 Å². The molecule has 0 aromatic heterocycles. The Hall–Kier alpha value is -1.65. The molecule has 0 heterocycles. The standard InChI is InChI=1S/C15H14ClNO2S/c16-12-3-1-11(2-4-12)9-20-10-15(19)17-13-5-7-14(18)8-6-13/h1-8,18H,9-10H2,(H,17,19). The SMILES string of the molecule is O=C(CSCc1ccc(Cl)cc1)Nc1ccc(O)cc1. The number of phenolic OH excluding ortho intramolecular Hbond substituents is 1. The molecule has 0 unspecified atom stereocenters. The van der Waals surface area contributed by atoms with E-state index in [1.807, 2.05) is 24.3 Å². The van der Waals surface area contributed by atoms with Gasteiger partial charge >= 0.3 is 0 Å². The number of carbonyl (C=O) groups excluding carboxylic acids is 1. The zero-order chi connectivity index (χ0) is 14.4. The summed E-state index contributed by atoms with van der Waals surface area (Å²) in [7, 11) is 0. The molecule has 3 nitrogen and oxygen atoms in total. The van der Waals surface area contributed by atoms with E-state index in [0.29, 0.717) is 16.5 Å². The van der Waals surface area contributed by atoms with E-state index in [4.69, 9.17) is 16.7 Å². The predicted molar refractivity (Wildman–Crippen MR) is 84.4 cm³/mol. The second kappa shape index (κ2) is 7.22. The van der Waals surface area contributed by atoms with Gasteiger partial charge in [0.25, 0.3) is 0 Å². The highest BCUT2D eigenvalue weighted by Gasteiger charge is 2.03. The monoisotopic (exact) mass is 307 g/mol. The van der Waals surface area contributed by atoms with Crippen LogP contribution < -0.4 is 5.32 Å². The van der Waals surface area contributed by atoms with Crippen LogP contribution in [0.4, 0.5) is 5.69 Å². The fourth-order valence-corrected chi connectivity index (χ4v) is 2.50. The van der Waals surface area contributed by atoms with E-state index in [0.717, 1.165) is 11.3 Å². The first-order valence-electron chi connectivity index (χ1n) is 6.04. The van der Waals surface area contributed by atoms with Gasteiger partial charge in [-0.05, 0) is 42.0 Å². The minimum atomic E-state index is -0.0605. The number of nitrogens with one attached hydrogen (secondary N) is 1. The van der Waals surface area contributed by atoms with Crippen LogP contribution in [0.15, 0.2) is 48.5 Å². The van der Waals surface area contributed by atoms with Crippen LogP contribution >= 0.6 is 23.4 Å². The Morgan fingerprint density at radius 2 is 1.75 bits per heavy atom. The molecule has 0 radical (unpaired) electrons. The van der Waals surface area contributed by atoms with E-state index in [1.54, 1.807) is 12.1 Å². The van der Waals surface area contributed by atoms with Crippen LogP contribution in [-0.2, 0) is 10.5 Å². The molecule has 0 saturated carbocycles. The lowest BCUT2D eigenvalue weighted by molar-refractivity contribution is -0.113. The molecule has 20 heavy (non-hydrogen) atoms. The molecule has 2 aromatic carbocycles. The van der Waals surface area contributed by atoms with Crippen molar-refractivity contribution >= 4 is 35.0 Å². The highest BCUT2D eigenvalue weighted by atomic mass is 35.5. The molecule has 0 fully saturated rings. The van der Waals surface area contributed by atoms with E-state index in [9.17, 15) is 4.79 Å². The second-order valence-corrected chi connectivity index (χ2v) is 5.64. The van der Waals surface area contributed by atoms with Gasteiger partial charge in [0.05, 0.1) is 5.75 Å². The first-order valence-corrected chi connectivity index (χ1v) is 7.58. The fraction of sp³-hybridized carbons (Fsp3) is 0.133. The minimum Gasteiger partial charge on any atom is -0.508 e. The number of hydrogen-bond acceptors (Lipinski definition) is 3. The summed E-state index contributed by atoms with van der Waals surface area (Å²) >= 11 is 7.35. The van der Waals surface area contributed by atoms with Crippen LogP contribution in [0, 0.1) is 0 Å². The number of amides is 1. The summed E-state index contributed by atoms with van der Waals surface area (Å²) < 4.78 is 0. The Morgan fingerprint density at radius 3 is 2.40 bits per heavy atom. The zero-order valence-electron chi connectivity index (χ0n) is 10.7. The van der Waals surface area contributed by atoms with Crippen LogP contribution in [0.1, 0.15) is 5.56 Å². The molecule has 1 amide bonds. The number of benzene rings is 2. The molecule has 0 aliphatic rings. The van der Waals surface area contributed by atoms with Gasteiger partial charge in [0, 0.05) is 16.5 Å². The molecule has 0 bridgehead atoms. The smallest absolute Gasteiger partial charge is 0.234 e. The summed E-state index contributed by atoms with van der Waals surface area (Å²) in [5.41, 5.74) is 1.82. The van der Waals surface area contributed by atoms with Crippen LogP contribution in [0.2, 0.25) is 5.02 Å². The van der Waals surface area contributed by atoms with Crippen molar-refractivity contribution in [2.45, 2.75) is 5.75 Å². The maximum atomic E-state index is 11.7. The lowest BCUT2D eigenvalue weighted by Crippen LogP contribution is -2.13. The van der Waals surface area contributed by atoms with Gasteiger partial charge in [0.15, 0.2) is 0 Å². The van der Waals surface area contributed by atoms with Gasteiger partial charge in [-0.3, -0.25) is 4.79 Å². The van der Waals surface area contributed by atoms with E-state index < -0.39 is 0 Å². The number of anilines is 1. The summed E-state index contributed by atoms with van der Waals surface area (Å²) in [4.78, 5) is 11.7. The summed E-state index contributed by atoms with van der Waals surface area (Å²) in [6, 6.07) is 14.0. The second-order valence-electron chi connectivity index (χ2n) is 4.21. The van der Waals surface area contributed by atoms with Gasteiger partial charge in [-0.1, -0.05) is 23.7 Å². The number of hydrogen-bond donors (Lipinski definition) is 2. The predicted octanol–water partition coefficient (Wildman–Crippen LogP) is 3.92. The Kier molecular flexibility index (Phi) is 5.32. The number of thioether (sulfide) groups is 1. The molecule has 5 heteroatoms. The third-order valence-electron chi connectivity index (χ3n) is 2.57. The van der Waals surface area contributed by atoms with E-state index in [2.05, 4.69) is 5.32 Å². The molecule has 104 valence electrons. The maximum absolute atomic E-state index is 11.7. The van der Waals surface area contributed by atoms with Crippen LogP contribution in [0.3, 0.4) is 0 Å². The maximum Gasteiger partial charge on any atom is 0.234 e. The van der Waals surface area contributed by atoms with Crippen LogP contribution in [0.5, 0.6) is 5.75 Å². The fourth-order valence-electron chi connectivity index (χ4n) is 1.58. The Morgan fingerprint density at radius 1 is 1.10 bits per heavy atom. The summed E-state index contributed by atoms with van der Waals surface area (Å²) in [5, 5.41) is 12.6. The lowest BCUT2D eigenvalue weighted by Gasteiger charge is -2.05. The van der Waals surface area contributed by atoms with Gasteiger partial charge in [-0.15, -0.1) is 11.8 Å². The molecular formula is C15H14ClNO2S. The quantitative estimate of drug-likeness (QED) is 0.823. The first kappa shape index (κ1) is 14.8. The minimum absolute atomic E-state index is 0.0605. The summed E-state index contributed by atoms with van der Waals surface area (Å²) in [5.74, 6) is 1.26. The number of aromatic hydroxyl groups is 1. The number of rotatable bonds is 5. The molecule has 2 N–H and O–H groups in total. The van der Waals surface area contributed by atoms with E-state index in [1.165, 1.54) is 23.9 Å². The highest BCUT2D eigenvalue weighted by molar-refractivity contribution is 7.99. The Labute approximate surface area is 127 Å². The van der Waals surface area contributed by atoms with Crippen molar-refractivity contribution in [3.8, 4) is 5.75 Å². The van der Waals surface area contributed by atoms with E-state index in [-0.39, 0.29) is 11.7 Å². The van der Waals surface area contributed by atoms with Crippen molar-refractivity contribution in [2.75, 3.05) is 11.1 Å². The van der Waals surface area contributed by atoms with Gasteiger partial charge in [-0.25, -0.2) is 0 Å². The third kappa shape index (κ3) is 4.79. The average molecular weight is 308 g/mol. The molecule has 0 saturated heterocycles. The average Bonchev–Trinajstić information content (AvgIpc) is 2.44. The Balaban J connectivity index is 1.75. The van der Waals surface area contributed by atoms with E-state index >= 15 is 0 Å². The van der Waals surface area contributed by atoms with Gasteiger partial charge < -0.3 is 10.4 Å². The molecular weight excluding hydrogens is 294 g/mol. The summed E-state index contributed by atoms with van der Waals surface area (Å²) in [6.07, 6.45) is 0. The largest absolute Gasteiger partial charge is 0.508 e. The number of phenols is 1. The van der Waals surface area contributed by atoms with Crippen molar-refractivity contribution in [2.24, 2.45) is 0 Å². The topological polar surface area (TPSA) is 49.3 Å². The van der Waals surface area contributed by atoms with Crippen LogP contribution in [-0.4, -0.2) is 16.8 Å². The third-order valence-corrected chi connectivity index (χ3v) is 3.82. The number of halogens is 1. The van der Waals surface area contributed by atoms with Crippen molar-refractivity contribution in [1.82, 2.24) is 0 Å². The normalized spacial score (nSPS) is 10.2. The molecule has 2 aromatic rings. The lowest BCUT2D eigenvalue weighted by atomic mass is 10.2. The highest BCUT2D eigenvalue weighted by Crippen LogP contribution is 2.17. The Bertz CT molecular complexity index is 569.